The van der Waals surface area contributed by atoms with Gasteiger partial charge in [0.05, 0.1) is 24.3 Å². The largest absolute Gasteiger partial charge is 0.416 e. The number of imide groups is 1. The molecule has 1 aliphatic heterocycles. The third kappa shape index (κ3) is 4.93. The predicted molar refractivity (Wildman–Crippen MR) is 95.9 cm³/mol. The maximum atomic E-state index is 13.0. The molecule has 2 aromatic rings. The van der Waals surface area contributed by atoms with E-state index in [1.165, 1.54) is 24.3 Å². The molecular weight excluding hydrogens is 454 g/mol. The van der Waals surface area contributed by atoms with Gasteiger partial charge in [0.1, 0.15) is 0 Å². The summed E-state index contributed by atoms with van der Waals surface area (Å²) in [5.41, 5.74) is -4.84. The fourth-order valence-electron chi connectivity index (χ4n) is 3.04. The van der Waals surface area contributed by atoms with Crippen LogP contribution in [0.3, 0.4) is 0 Å². The molecule has 0 saturated carbocycles. The molecule has 0 aromatic heterocycles. The molecule has 5 nitrogen and oxygen atoms in total. The van der Waals surface area contributed by atoms with Gasteiger partial charge >= 0.3 is 18.4 Å². The quantitative estimate of drug-likeness (QED) is 0.499. The topological polar surface area (TPSA) is 67.4 Å². The number of nitrogens with one attached hydrogen (secondary N) is 2. The van der Waals surface area contributed by atoms with Crippen LogP contribution < -0.4 is 10.6 Å². The lowest BCUT2D eigenvalue weighted by molar-refractivity contribution is -0.143. The number of hydrogen-bond acceptors (Lipinski definition) is 3. The van der Waals surface area contributed by atoms with Crippen LogP contribution in [0, 0.1) is 0 Å². The Kier molecular flexibility index (Phi) is 5.94. The summed E-state index contributed by atoms with van der Waals surface area (Å²) in [5, 5.41) is 4.75. The molecule has 0 radical (unpaired) electrons. The fourth-order valence-corrected chi connectivity index (χ4v) is 3.16. The maximum Gasteiger partial charge on any atom is 0.416 e. The molecule has 1 fully saturated rings. The Morgan fingerprint density at radius 2 is 1.45 bits per heavy atom. The summed E-state index contributed by atoms with van der Waals surface area (Å²) in [5.74, 6) is -0.792. The fraction of sp³-hybridized carbons (Fsp3) is 0.263. The van der Waals surface area contributed by atoms with Gasteiger partial charge in [-0.25, -0.2) is 4.79 Å². The van der Waals surface area contributed by atoms with Gasteiger partial charge in [-0.1, -0.05) is 23.7 Å². The third-order valence-electron chi connectivity index (χ3n) is 4.51. The number of halogens is 7. The lowest BCUT2D eigenvalue weighted by Crippen LogP contribution is -2.47. The number of carbonyl (C=O) groups is 2. The minimum Gasteiger partial charge on any atom is -0.373 e. The summed E-state index contributed by atoms with van der Waals surface area (Å²) in [6.07, 6.45) is -10.0. The summed E-state index contributed by atoms with van der Waals surface area (Å²) in [7, 11) is 0. The molecule has 1 unspecified atom stereocenters. The molecule has 3 amide bonds. The van der Waals surface area contributed by atoms with Crippen LogP contribution in [0.15, 0.2) is 42.5 Å². The van der Waals surface area contributed by atoms with Gasteiger partial charge in [0.2, 0.25) is 0 Å². The minimum atomic E-state index is -5.00. The van der Waals surface area contributed by atoms with Gasteiger partial charge in [-0.15, -0.1) is 0 Å². The zero-order valence-electron chi connectivity index (χ0n) is 15.3. The number of urea groups is 1. The van der Waals surface area contributed by atoms with Crippen molar-refractivity contribution in [2.45, 2.75) is 24.5 Å². The van der Waals surface area contributed by atoms with Crippen molar-refractivity contribution in [2.75, 3.05) is 6.61 Å². The number of carbonyl (C=O) groups excluding carboxylic acids is 2. The highest BCUT2D eigenvalue weighted by molar-refractivity contribution is 6.30. The van der Waals surface area contributed by atoms with Gasteiger partial charge in [0, 0.05) is 5.02 Å². The predicted octanol–water partition coefficient (Wildman–Crippen LogP) is 4.63. The third-order valence-corrected chi connectivity index (χ3v) is 4.77. The minimum absolute atomic E-state index is 0.00331. The highest BCUT2D eigenvalue weighted by Crippen LogP contribution is 2.36. The average molecular weight is 467 g/mol. The van der Waals surface area contributed by atoms with Crippen molar-refractivity contribution in [1.82, 2.24) is 10.6 Å². The summed E-state index contributed by atoms with van der Waals surface area (Å²) in [6, 6.07) is 5.98. The van der Waals surface area contributed by atoms with Crippen molar-refractivity contribution >= 4 is 23.5 Å². The molecule has 1 aliphatic rings. The van der Waals surface area contributed by atoms with Gasteiger partial charge in [-0.3, -0.25) is 10.1 Å². The van der Waals surface area contributed by atoms with Crippen molar-refractivity contribution in [2.24, 2.45) is 0 Å². The molecule has 166 valence electrons. The van der Waals surface area contributed by atoms with Crippen molar-refractivity contribution in [3.8, 4) is 0 Å². The van der Waals surface area contributed by atoms with E-state index in [0.717, 1.165) is 0 Å². The van der Waals surface area contributed by atoms with Gasteiger partial charge < -0.3 is 10.1 Å². The average Bonchev–Trinajstić information content (AvgIpc) is 2.95. The summed E-state index contributed by atoms with van der Waals surface area (Å²) < 4.78 is 83.3. The van der Waals surface area contributed by atoms with Crippen molar-refractivity contribution < 1.29 is 40.7 Å². The molecule has 3 rings (SSSR count). The molecule has 2 N–H and O–H groups in total. The van der Waals surface area contributed by atoms with E-state index in [4.69, 9.17) is 16.3 Å². The van der Waals surface area contributed by atoms with Crippen LogP contribution in [0.2, 0.25) is 5.02 Å². The van der Waals surface area contributed by atoms with E-state index in [1.807, 2.05) is 5.32 Å². The van der Waals surface area contributed by atoms with E-state index < -0.39 is 59.7 Å². The van der Waals surface area contributed by atoms with Crippen LogP contribution >= 0.6 is 11.6 Å². The smallest absolute Gasteiger partial charge is 0.373 e. The van der Waals surface area contributed by atoms with Gasteiger partial charge in [0.15, 0.2) is 5.54 Å². The number of rotatable bonds is 5. The second kappa shape index (κ2) is 8.04. The van der Waals surface area contributed by atoms with Crippen LogP contribution in [-0.4, -0.2) is 18.5 Å². The van der Waals surface area contributed by atoms with Crippen molar-refractivity contribution in [3.05, 3.63) is 69.7 Å². The zero-order chi connectivity index (χ0) is 23.0. The van der Waals surface area contributed by atoms with Crippen molar-refractivity contribution in [1.29, 1.82) is 0 Å². The first-order valence-corrected chi connectivity index (χ1v) is 8.95. The number of amides is 3. The lowest BCUT2D eigenvalue weighted by Gasteiger charge is -2.26. The van der Waals surface area contributed by atoms with Gasteiger partial charge in [-0.2, -0.15) is 26.3 Å². The Labute approximate surface area is 176 Å². The second-order valence-electron chi connectivity index (χ2n) is 6.73. The molecule has 31 heavy (non-hydrogen) atoms. The molecule has 1 saturated heterocycles. The Morgan fingerprint density at radius 3 is 1.90 bits per heavy atom. The van der Waals surface area contributed by atoms with E-state index in [0.29, 0.717) is 17.2 Å². The molecule has 2 aromatic carbocycles. The number of hydrogen-bond donors (Lipinski definition) is 2. The first-order chi connectivity index (χ1) is 14.3. The Bertz CT molecular complexity index is 975. The second-order valence-corrected chi connectivity index (χ2v) is 7.16. The molecule has 0 bridgehead atoms. The number of benzene rings is 2. The van der Waals surface area contributed by atoms with Crippen LogP contribution in [0.5, 0.6) is 0 Å². The van der Waals surface area contributed by atoms with Crippen LogP contribution in [0.25, 0.3) is 0 Å². The number of ether oxygens (including phenoxy) is 1. The van der Waals surface area contributed by atoms with Gasteiger partial charge in [-0.05, 0) is 41.5 Å². The summed E-state index contributed by atoms with van der Waals surface area (Å²) in [4.78, 5) is 24.1. The van der Waals surface area contributed by atoms with Gasteiger partial charge in [0.25, 0.3) is 5.91 Å². The zero-order valence-corrected chi connectivity index (χ0v) is 16.1. The van der Waals surface area contributed by atoms with Crippen LogP contribution in [0.4, 0.5) is 31.1 Å². The summed E-state index contributed by atoms with van der Waals surface area (Å²) in [6.45, 7) is -1.23. The molecule has 12 heteroatoms. The SMILES string of the molecule is O=C1NC(=O)C(COCc2cc(C(F)(F)F)cc(C(F)(F)F)c2)(c2ccc(Cl)cc2)N1. The van der Waals surface area contributed by atoms with E-state index >= 15 is 0 Å². The first-order valence-electron chi connectivity index (χ1n) is 8.57. The Balaban J connectivity index is 1.87. The molecule has 0 aliphatic carbocycles. The standard InChI is InChI=1S/C19H13ClF6N2O3/c20-14-3-1-11(2-4-14)17(15(29)27-16(30)28-17)9-31-8-10-5-12(18(21,22)23)7-13(6-10)19(24,25)26/h1-7H,8-9H2,(H2,27,28,29,30). The van der Waals surface area contributed by atoms with E-state index in [9.17, 15) is 35.9 Å². The van der Waals surface area contributed by atoms with E-state index in [2.05, 4.69) is 5.32 Å². The van der Waals surface area contributed by atoms with E-state index in [1.54, 1.807) is 0 Å². The monoisotopic (exact) mass is 466 g/mol. The molecule has 0 spiro atoms. The molecule has 1 heterocycles. The summed E-state index contributed by atoms with van der Waals surface area (Å²) >= 11 is 5.81. The molecular formula is C19H13ClF6N2O3. The van der Waals surface area contributed by atoms with Crippen LogP contribution in [0.1, 0.15) is 22.3 Å². The van der Waals surface area contributed by atoms with Crippen molar-refractivity contribution in [3.63, 3.8) is 0 Å². The van der Waals surface area contributed by atoms with Crippen LogP contribution in [-0.2, 0) is 34.0 Å². The normalized spacial score (nSPS) is 19.3. The highest BCUT2D eigenvalue weighted by atomic mass is 35.5. The molecule has 1 atom stereocenters. The number of alkyl halides is 6. The Hall–Kier alpha value is -2.79. The van der Waals surface area contributed by atoms with E-state index in [-0.39, 0.29) is 11.6 Å². The first kappa shape index (κ1) is 22.9. The maximum absolute atomic E-state index is 13.0. The lowest BCUT2D eigenvalue weighted by atomic mass is 9.91. The Morgan fingerprint density at radius 1 is 0.903 bits per heavy atom. The highest BCUT2D eigenvalue weighted by Gasteiger charge is 2.48.